The number of halogens is 1. The number of hydrogen-bond acceptors (Lipinski definition) is 5. The van der Waals surface area contributed by atoms with E-state index in [0.717, 1.165) is 77.6 Å². The minimum Gasteiger partial charge on any atom is -0.381 e. The van der Waals surface area contributed by atoms with Crippen LogP contribution in [-0.4, -0.2) is 84.6 Å². The fourth-order valence-corrected chi connectivity index (χ4v) is 4.32. The van der Waals surface area contributed by atoms with Gasteiger partial charge in [-0.3, -0.25) is 4.99 Å². The molecule has 2 fully saturated rings. The van der Waals surface area contributed by atoms with Gasteiger partial charge in [0.2, 0.25) is 10.0 Å². The molecule has 0 bridgehead atoms. The first-order valence-corrected chi connectivity index (χ1v) is 11.9. The van der Waals surface area contributed by atoms with Crippen LogP contribution < -0.4 is 10.6 Å². The van der Waals surface area contributed by atoms with Crippen molar-refractivity contribution in [2.24, 2.45) is 16.8 Å². The zero-order chi connectivity index (χ0) is 19.5. The first-order chi connectivity index (χ1) is 13.0. The minimum absolute atomic E-state index is 0. The molecular formula is C18H37IN4O4S. The molecule has 166 valence electrons. The number of nitrogens with zero attached hydrogens (tertiary/aromatic N) is 2. The Bertz CT molecular complexity index is 548. The van der Waals surface area contributed by atoms with Crippen molar-refractivity contribution in [2.75, 3.05) is 65.9 Å². The van der Waals surface area contributed by atoms with Gasteiger partial charge in [0.1, 0.15) is 0 Å². The van der Waals surface area contributed by atoms with Crippen molar-refractivity contribution >= 4 is 40.0 Å². The van der Waals surface area contributed by atoms with Crippen LogP contribution in [0.15, 0.2) is 4.99 Å². The molecule has 2 heterocycles. The van der Waals surface area contributed by atoms with Gasteiger partial charge in [-0.05, 0) is 43.9 Å². The lowest BCUT2D eigenvalue weighted by molar-refractivity contribution is 0.0203. The zero-order valence-corrected chi connectivity index (χ0v) is 20.3. The van der Waals surface area contributed by atoms with E-state index in [1.165, 1.54) is 6.26 Å². The standard InChI is InChI=1S/C18H36N4O4S.HI/c1-19-18(20-8-3-11-26-15-17-6-12-25-13-7-17)21-14-16-4-9-22(10-5-16)27(2,23)24;/h16-17H,3-15H2,1-2H3,(H2,19,20,21);1H. The van der Waals surface area contributed by atoms with Crippen LogP contribution in [0.3, 0.4) is 0 Å². The van der Waals surface area contributed by atoms with Gasteiger partial charge >= 0.3 is 0 Å². The van der Waals surface area contributed by atoms with Gasteiger partial charge in [0.05, 0.1) is 6.26 Å². The van der Waals surface area contributed by atoms with E-state index in [1.807, 2.05) is 0 Å². The van der Waals surface area contributed by atoms with Crippen molar-refractivity contribution in [1.29, 1.82) is 0 Å². The van der Waals surface area contributed by atoms with Gasteiger partial charge in [0, 0.05) is 59.7 Å². The fraction of sp³-hybridized carbons (Fsp3) is 0.944. The van der Waals surface area contributed by atoms with Crippen LogP contribution in [0.1, 0.15) is 32.1 Å². The first-order valence-electron chi connectivity index (χ1n) is 10.0. The largest absolute Gasteiger partial charge is 0.381 e. The molecule has 0 aromatic heterocycles. The van der Waals surface area contributed by atoms with Crippen molar-refractivity contribution in [3.05, 3.63) is 0 Å². The zero-order valence-electron chi connectivity index (χ0n) is 17.2. The molecule has 0 unspecified atom stereocenters. The van der Waals surface area contributed by atoms with Gasteiger partial charge in [-0.2, -0.15) is 0 Å². The molecular weight excluding hydrogens is 495 g/mol. The van der Waals surface area contributed by atoms with Crippen LogP contribution >= 0.6 is 24.0 Å². The number of aliphatic imine (C=N–C) groups is 1. The van der Waals surface area contributed by atoms with Crippen molar-refractivity contribution < 1.29 is 17.9 Å². The highest BCUT2D eigenvalue weighted by atomic mass is 127. The highest BCUT2D eigenvalue weighted by Gasteiger charge is 2.24. The summed E-state index contributed by atoms with van der Waals surface area (Å²) in [7, 11) is -1.29. The summed E-state index contributed by atoms with van der Waals surface area (Å²) in [5.74, 6) is 1.92. The van der Waals surface area contributed by atoms with Gasteiger partial charge in [0.15, 0.2) is 5.96 Å². The van der Waals surface area contributed by atoms with Crippen LogP contribution in [0.2, 0.25) is 0 Å². The molecule has 28 heavy (non-hydrogen) atoms. The van der Waals surface area contributed by atoms with Crippen molar-refractivity contribution in [3.8, 4) is 0 Å². The van der Waals surface area contributed by atoms with Crippen molar-refractivity contribution in [2.45, 2.75) is 32.1 Å². The van der Waals surface area contributed by atoms with E-state index < -0.39 is 10.0 Å². The van der Waals surface area contributed by atoms with E-state index in [-0.39, 0.29) is 24.0 Å². The number of piperidine rings is 1. The van der Waals surface area contributed by atoms with Gasteiger partial charge in [-0.15, -0.1) is 24.0 Å². The van der Waals surface area contributed by atoms with Crippen LogP contribution in [-0.2, 0) is 19.5 Å². The number of ether oxygens (including phenoxy) is 2. The predicted octanol–water partition coefficient (Wildman–Crippen LogP) is 1.27. The van der Waals surface area contributed by atoms with Crippen LogP contribution in [0, 0.1) is 11.8 Å². The lowest BCUT2D eigenvalue weighted by Gasteiger charge is -2.30. The smallest absolute Gasteiger partial charge is 0.211 e. The third-order valence-corrected chi connectivity index (χ3v) is 6.58. The molecule has 2 aliphatic heterocycles. The lowest BCUT2D eigenvalue weighted by Crippen LogP contribution is -2.44. The SMILES string of the molecule is CN=C(NCCCOCC1CCOCC1)NCC1CCN(S(C)(=O)=O)CC1.I. The molecule has 0 amide bonds. The summed E-state index contributed by atoms with van der Waals surface area (Å²) >= 11 is 0. The molecule has 10 heteroatoms. The molecule has 2 aliphatic rings. The Morgan fingerprint density at radius 1 is 1.14 bits per heavy atom. The van der Waals surface area contributed by atoms with E-state index in [2.05, 4.69) is 15.6 Å². The molecule has 0 radical (unpaired) electrons. The number of hydrogen-bond donors (Lipinski definition) is 2. The highest BCUT2D eigenvalue weighted by molar-refractivity contribution is 14.0. The number of rotatable bonds is 9. The normalized spacial score (nSPS) is 20.6. The van der Waals surface area contributed by atoms with E-state index >= 15 is 0 Å². The molecule has 0 spiro atoms. The molecule has 0 aromatic rings. The third kappa shape index (κ3) is 10.0. The Morgan fingerprint density at radius 2 is 1.82 bits per heavy atom. The van der Waals surface area contributed by atoms with Crippen LogP contribution in [0.4, 0.5) is 0 Å². The molecule has 0 atom stereocenters. The number of guanidine groups is 1. The third-order valence-electron chi connectivity index (χ3n) is 5.28. The van der Waals surface area contributed by atoms with E-state index in [1.54, 1.807) is 11.4 Å². The number of nitrogens with one attached hydrogen (secondary N) is 2. The fourth-order valence-electron chi connectivity index (χ4n) is 3.45. The first kappa shape index (κ1) is 25.9. The van der Waals surface area contributed by atoms with Crippen molar-refractivity contribution in [3.63, 3.8) is 0 Å². The van der Waals surface area contributed by atoms with Gasteiger partial charge < -0.3 is 20.1 Å². The number of sulfonamides is 1. The molecule has 2 saturated heterocycles. The Hall–Kier alpha value is -0.170. The summed E-state index contributed by atoms with van der Waals surface area (Å²) in [6.45, 7) is 6.18. The summed E-state index contributed by atoms with van der Waals surface area (Å²) in [6, 6.07) is 0. The predicted molar refractivity (Wildman–Crippen MR) is 123 cm³/mol. The Balaban J connectivity index is 0.00000392. The summed E-state index contributed by atoms with van der Waals surface area (Å²) < 4.78 is 35.8. The maximum atomic E-state index is 11.6. The summed E-state index contributed by atoms with van der Waals surface area (Å²) in [6.07, 6.45) is 6.21. The minimum atomic E-state index is -3.05. The van der Waals surface area contributed by atoms with E-state index in [4.69, 9.17) is 9.47 Å². The lowest BCUT2D eigenvalue weighted by atomic mass is 9.98. The second kappa shape index (κ2) is 13.9. The highest BCUT2D eigenvalue weighted by Crippen LogP contribution is 2.18. The maximum Gasteiger partial charge on any atom is 0.211 e. The molecule has 8 nitrogen and oxygen atoms in total. The quantitative estimate of drug-likeness (QED) is 0.201. The summed E-state index contributed by atoms with van der Waals surface area (Å²) in [4.78, 5) is 4.25. The van der Waals surface area contributed by atoms with Crippen LogP contribution in [0.25, 0.3) is 0 Å². The average molecular weight is 532 g/mol. The Labute approximate surface area is 187 Å². The molecule has 0 aliphatic carbocycles. The topological polar surface area (TPSA) is 92.3 Å². The van der Waals surface area contributed by atoms with Crippen molar-refractivity contribution in [1.82, 2.24) is 14.9 Å². The average Bonchev–Trinajstić information content (AvgIpc) is 2.67. The second-order valence-corrected chi connectivity index (χ2v) is 9.45. The summed E-state index contributed by atoms with van der Waals surface area (Å²) in [5.41, 5.74) is 0. The summed E-state index contributed by atoms with van der Waals surface area (Å²) in [5, 5.41) is 6.66. The monoisotopic (exact) mass is 532 g/mol. The van der Waals surface area contributed by atoms with E-state index in [9.17, 15) is 8.42 Å². The van der Waals surface area contributed by atoms with Gasteiger partial charge in [-0.1, -0.05) is 0 Å². The second-order valence-electron chi connectivity index (χ2n) is 7.47. The van der Waals surface area contributed by atoms with Gasteiger partial charge in [-0.25, -0.2) is 12.7 Å². The maximum absolute atomic E-state index is 11.6. The molecule has 0 aromatic carbocycles. The molecule has 2 rings (SSSR count). The molecule has 0 saturated carbocycles. The molecule has 2 N–H and O–H groups in total. The van der Waals surface area contributed by atoms with Crippen LogP contribution in [0.5, 0.6) is 0 Å². The van der Waals surface area contributed by atoms with E-state index in [0.29, 0.717) is 24.9 Å². The van der Waals surface area contributed by atoms with Gasteiger partial charge in [0.25, 0.3) is 0 Å². The Morgan fingerprint density at radius 3 is 2.43 bits per heavy atom. The Kier molecular flexibility index (Phi) is 12.9.